The molecule has 0 amide bonds. The minimum atomic E-state index is 0.912. The molecule has 49 valence electrons. The van der Waals surface area contributed by atoms with Gasteiger partial charge in [-0.1, -0.05) is 12.2 Å². The molecule has 0 aromatic rings. The number of allylic oxidation sites excluding steroid dienone is 2. The number of hydrogen-bond acceptors (Lipinski definition) is 0. The third-order valence-electron chi connectivity index (χ3n) is 2.44. The van der Waals surface area contributed by atoms with Gasteiger partial charge in [-0.05, 0) is 24.7 Å². The van der Waals surface area contributed by atoms with Gasteiger partial charge >= 0.3 is 0 Å². The molecular formula is C8H12N. The first-order valence-electron chi connectivity index (χ1n) is 3.75. The largest absolute Gasteiger partial charge is 0.241 e. The van der Waals surface area contributed by atoms with Gasteiger partial charge in [0.05, 0.1) is 0 Å². The van der Waals surface area contributed by atoms with E-state index in [0.29, 0.717) is 0 Å². The van der Waals surface area contributed by atoms with Gasteiger partial charge in [-0.2, -0.15) is 0 Å². The fourth-order valence-corrected chi connectivity index (χ4v) is 1.78. The summed E-state index contributed by atoms with van der Waals surface area (Å²) in [6.45, 7) is 2.27. The molecule has 1 aliphatic carbocycles. The van der Waals surface area contributed by atoms with E-state index in [9.17, 15) is 0 Å². The Morgan fingerprint density at radius 2 is 1.56 bits per heavy atom. The fourth-order valence-electron chi connectivity index (χ4n) is 1.78. The molecule has 1 fully saturated rings. The monoisotopic (exact) mass is 122 g/mol. The molecule has 2 rings (SSSR count). The van der Waals surface area contributed by atoms with Crippen molar-refractivity contribution in [2.24, 2.45) is 11.8 Å². The van der Waals surface area contributed by atoms with Gasteiger partial charge < -0.3 is 0 Å². The molecule has 0 N–H and O–H groups in total. The van der Waals surface area contributed by atoms with Crippen LogP contribution in [0.4, 0.5) is 0 Å². The van der Waals surface area contributed by atoms with E-state index < -0.39 is 0 Å². The highest BCUT2D eigenvalue weighted by Crippen LogP contribution is 2.28. The lowest BCUT2D eigenvalue weighted by Crippen LogP contribution is -2.13. The van der Waals surface area contributed by atoms with Crippen molar-refractivity contribution in [3.63, 3.8) is 0 Å². The Balaban J connectivity index is 2.07. The van der Waals surface area contributed by atoms with Crippen molar-refractivity contribution in [2.75, 3.05) is 13.1 Å². The topological polar surface area (TPSA) is 14.1 Å². The number of hydrogen-bond donors (Lipinski definition) is 0. The fraction of sp³-hybridized carbons (Fsp3) is 0.750. The molecule has 0 bridgehead atoms. The van der Waals surface area contributed by atoms with E-state index >= 15 is 0 Å². The summed E-state index contributed by atoms with van der Waals surface area (Å²) in [6.07, 6.45) is 7.19. The van der Waals surface area contributed by atoms with E-state index in [-0.39, 0.29) is 0 Å². The van der Waals surface area contributed by atoms with Gasteiger partial charge in [0.25, 0.3) is 0 Å². The van der Waals surface area contributed by atoms with Crippen LogP contribution in [0.1, 0.15) is 12.8 Å². The highest BCUT2D eigenvalue weighted by molar-refractivity contribution is 4.98. The van der Waals surface area contributed by atoms with E-state index in [1.807, 2.05) is 0 Å². The van der Waals surface area contributed by atoms with Crippen molar-refractivity contribution in [3.8, 4) is 0 Å². The Morgan fingerprint density at radius 3 is 2.11 bits per heavy atom. The van der Waals surface area contributed by atoms with Gasteiger partial charge in [0, 0.05) is 13.1 Å². The van der Waals surface area contributed by atoms with Crippen LogP contribution in [0.5, 0.6) is 0 Å². The number of rotatable bonds is 0. The molecule has 0 aromatic heterocycles. The van der Waals surface area contributed by atoms with Crippen molar-refractivity contribution < 1.29 is 0 Å². The van der Waals surface area contributed by atoms with Crippen LogP contribution < -0.4 is 5.32 Å². The maximum atomic E-state index is 4.39. The van der Waals surface area contributed by atoms with E-state index in [4.69, 9.17) is 0 Å². The molecule has 2 aliphatic rings. The lowest BCUT2D eigenvalue weighted by Gasteiger charge is -2.18. The molecule has 1 saturated heterocycles. The molecule has 1 radical (unpaired) electrons. The van der Waals surface area contributed by atoms with Gasteiger partial charge in [0.15, 0.2) is 0 Å². The molecule has 0 unspecified atom stereocenters. The minimum absolute atomic E-state index is 0.912. The van der Waals surface area contributed by atoms with Crippen LogP contribution >= 0.6 is 0 Å². The zero-order valence-corrected chi connectivity index (χ0v) is 5.59. The van der Waals surface area contributed by atoms with E-state index in [0.717, 1.165) is 24.9 Å². The first-order valence-corrected chi connectivity index (χ1v) is 3.75. The molecule has 2 atom stereocenters. The van der Waals surface area contributed by atoms with Crippen molar-refractivity contribution >= 4 is 0 Å². The lowest BCUT2D eigenvalue weighted by atomic mass is 9.86. The summed E-state index contributed by atoms with van der Waals surface area (Å²) >= 11 is 0. The molecule has 1 heterocycles. The molecule has 0 spiro atoms. The van der Waals surface area contributed by atoms with Crippen LogP contribution in [0.15, 0.2) is 12.2 Å². The molecule has 0 saturated carbocycles. The van der Waals surface area contributed by atoms with Gasteiger partial charge in [0.1, 0.15) is 0 Å². The van der Waals surface area contributed by atoms with E-state index in [2.05, 4.69) is 17.5 Å². The summed E-state index contributed by atoms with van der Waals surface area (Å²) in [6, 6.07) is 0. The van der Waals surface area contributed by atoms with Crippen LogP contribution in [-0.4, -0.2) is 13.1 Å². The maximum absolute atomic E-state index is 4.39. The molecule has 1 nitrogen and oxygen atoms in total. The minimum Gasteiger partial charge on any atom is -0.241 e. The van der Waals surface area contributed by atoms with Crippen molar-refractivity contribution in [3.05, 3.63) is 12.2 Å². The summed E-state index contributed by atoms with van der Waals surface area (Å²) < 4.78 is 0. The molecule has 1 aliphatic heterocycles. The van der Waals surface area contributed by atoms with E-state index in [1.54, 1.807) is 0 Å². The second kappa shape index (κ2) is 2.14. The predicted octanol–water partition coefficient (Wildman–Crippen LogP) is 1.19. The second-order valence-electron chi connectivity index (χ2n) is 3.05. The maximum Gasteiger partial charge on any atom is 0.0168 e. The van der Waals surface area contributed by atoms with Gasteiger partial charge in [-0.15, -0.1) is 0 Å². The predicted molar refractivity (Wildman–Crippen MR) is 37.2 cm³/mol. The normalized spacial score (nSPS) is 40.9. The lowest BCUT2D eigenvalue weighted by molar-refractivity contribution is 0.411. The SMILES string of the molecule is C1=CC[C@@H]2C[N]C[C@H]2C1. The smallest absolute Gasteiger partial charge is 0.0168 e. The average molecular weight is 122 g/mol. The zero-order valence-electron chi connectivity index (χ0n) is 5.59. The van der Waals surface area contributed by atoms with Crippen molar-refractivity contribution in [1.29, 1.82) is 0 Å². The molecule has 0 aromatic carbocycles. The summed E-state index contributed by atoms with van der Waals surface area (Å²) in [5.41, 5.74) is 0. The summed E-state index contributed by atoms with van der Waals surface area (Å²) in [5, 5.41) is 4.39. The first-order chi connectivity index (χ1) is 4.47. The van der Waals surface area contributed by atoms with Gasteiger partial charge in [0.2, 0.25) is 0 Å². The molecule has 9 heavy (non-hydrogen) atoms. The highest BCUT2D eigenvalue weighted by atomic mass is 14.9. The standard InChI is InChI=1S/C8H12N/c1-2-4-8-6-9-5-7(8)3-1/h1-2,7-8H,3-6H2/t7-,8-/m1/s1. The Hall–Kier alpha value is -0.300. The molecule has 1 heteroatoms. The quantitative estimate of drug-likeness (QED) is 0.428. The Morgan fingerprint density at radius 1 is 1.00 bits per heavy atom. The number of nitrogens with zero attached hydrogens (tertiary/aromatic N) is 1. The summed E-state index contributed by atoms with van der Waals surface area (Å²) in [5.74, 6) is 1.82. The average Bonchev–Trinajstić information content (AvgIpc) is 2.33. The van der Waals surface area contributed by atoms with Crippen molar-refractivity contribution in [1.82, 2.24) is 5.32 Å². The first kappa shape index (κ1) is 5.48. The molecular weight excluding hydrogens is 110 g/mol. The third-order valence-corrected chi connectivity index (χ3v) is 2.44. The van der Waals surface area contributed by atoms with Crippen LogP contribution in [0.2, 0.25) is 0 Å². The van der Waals surface area contributed by atoms with Gasteiger partial charge in [-0.3, -0.25) is 0 Å². The van der Waals surface area contributed by atoms with Gasteiger partial charge in [-0.25, -0.2) is 5.32 Å². The zero-order chi connectivity index (χ0) is 6.10. The van der Waals surface area contributed by atoms with E-state index in [1.165, 1.54) is 12.8 Å². The van der Waals surface area contributed by atoms with Crippen LogP contribution in [0.25, 0.3) is 0 Å². The van der Waals surface area contributed by atoms with Crippen LogP contribution in [0.3, 0.4) is 0 Å². The Labute approximate surface area is 56.1 Å². The third kappa shape index (κ3) is 0.897. The highest BCUT2D eigenvalue weighted by Gasteiger charge is 2.27. The van der Waals surface area contributed by atoms with Crippen LogP contribution in [-0.2, 0) is 0 Å². The number of fused-ring (bicyclic) bond motifs is 1. The summed E-state index contributed by atoms with van der Waals surface area (Å²) in [7, 11) is 0. The summed E-state index contributed by atoms with van der Waals surface area (Å²) in [4.78, 5) is 0. The Kier molecular flexibility index (Phi) is 1.31. The van der Waals surface area contributed by atoms with Crippen molar-refractivity contribution in [2.45, 2.75) is 12.8 Å². The second-order valence-corrected chi connectivity index (χ2v) is 3.05. The van der Waals surface area contributed by atoms with Crippen LogP contribution in [0, 0.1) is 11.8 Å². The Bertz CT molecular complexity index is 115.